The van der Waals surface area contributed by atoms with Gasteiger partial charge in [-0.2, -0.15) is 13.2 Å². The van der Waals surface area contributed by atoms with E-state index in [0.29, 0.717) is 5.02 Å². The zero-order chi connectivity index (χ0) is 14.6. The fraction of sp³-hybridized carbons (Fsp3) is 0.273. The van der Waals surface area contributed by atoms with E-state index in [1.54, 1.807) is 5.32 Å². The van der Waals surface area contributed by atoms with E-state index in [0.717, 1.165) is 0 Å². The van der Waals surface area contributed by atoms with Gasteiger partial charge in [0.25, 0.3) is 0 Å². The van der Waals surface area contributed by atoms with Crippen molar-refractivity contribution in [2.75, 3.05) is 0 Å². The minimum absolute atomic E-state index is 0.226. The largest absolute Gasteiger partial charge is 0.481 e. The smallest absolute Gasteiger partial charge is 0.471 e. The SMILES string of the molecule is O=C(O)CC(NC(=O)C(F)(F)F)c1ccc(Cl)cc1. The maximum absolute atomic E-state index is 12.1. The molecule has 1 aromatic rings. The summed E-state index contributed by atoms with van der Waals surface area (Å²) in [6.45, 7) is 0. The Hall–Kier alpha value is -1.76. The van der Waals surface area contributed by atoms with Gasteiger partial charge in [-0.3, -0.25) is 9.59 Å². The quantitative estimate of drug-likeness (QED) is 0.897. The summed E-state index contributed by atoms with van der Waals surface area (Å²) >= 11 is 5.62. The normalized spacial score (nSPS) is 12.8. The van der Waals surface area contributed by atoms with Gasteiger partial charge in [0.1, 0.15) is 0 Å². The number of amides is 1. The number of carboxylic acids is 1. The number of hydrogen-bond acceptors (Lipinski definition) is 2. The zero-order valence-corrected chi connectivity index (χ0v) is 10.1. The summed E-state index contributed by atoms with van der Waals surface area (Å²) in [4.78, 5) is 21.5. The van der Waals surface area contributed by atoms with Crippen molar-refractivity contribution in [1.82, 2.24) is 5.32 Å². The van der Waals surface area contributed by atoms with E-state index < -0.39 is 30.5 Å². The van der Waals surface area contributed by atoms with Gasteiger partial charge in [-0.25, -0.2) is 0 Å². The number of hydrogen-bond donors (Lipinski definition) is 2. The van der Waals surface area contributed by atoms with Crippen LogP contribution in [0.3, 0.4) is 0 Å². The predicted octanol–water partition coefficient (Wildman–Crippen LogP) is 2.53. The molecule has 1 rings (SSSR count). The van der Waals surface area contributed by atoms with Crippen molar-refractivity contribution in [3.63, 3.8) is 0 Å². The monoisotopic (exact) mass is 295 g/mol. The first kappa shape index (κ1) is 15.3. The summed E-state index contributed by atoms with van der Waals surface area (Å²) in [5.41, 5.74) is 0.226. The summed E-state index contributed by atoms with van der Waals surface area (Å²) in [6, 6.07) is 4.22. The Kier molecular flexibility index (Phi) is 4.77. The lowest BCUT2D eigenvalue weighted by molar-refractivity contribution is -0.174. The van der Waals surface area contributed by atoms with Gasteiger partial charge in [0, 0.05) is 5.02 Å². The third-order valence-corrected chi connectivity index (χ3v) is 2.47. The molecule has 0 radical (unpaired) electrons. The lowest BCUT2D eigenvalue weighted by Crippen LogP contribution is -2.39. The first-order valence-corrected chi connectivity index (χ1v) is 5.43. The van der Waals surface area contributed by atoms with E-state index in [2.05, 4.69) is 0 Å². The number of benzene rings is 1. The molecule has 1 amide bonds. The highest BCUT2D eigenvalue weighted by atomic mass is 35.5. The van der Waals surface area contributed by atoms with Crippen LogP contribution in [0.15, 0.2) is 24.3 Å². The highest BCUT2D eigenvalue weighted by Crippen LogP contribution is 2.22. The van der Waals surface area contributed by atoms with E-state index in [1.165, 1.54) is 24.3 Å². The Morgan fingerprint density at radius 1 is 1.26 bits per heavy atom. The molecule has 19 heavy (non-hydrogen) atoms. The van der Waals surface area contributed by atoms with Crippen LogP contribution in [0.4, 0.5) is 13.2 Å². The van der Waals surface area contributed by atoms with Crippen molar-refractivity contribution >= 4 is 23.5 Å². The molecule has 8 heteroatoms. The third kappa shape index (κ3) is 4.78. The van der Waals surface area contributed by atoms with Gasteiger partial charge in [-0.15, -0.1) is 0 Å². The molecular formula is C11H9ClF3NO3. The maximum Gasteiger partial charge on any atom is 0.471 e. The Morgan fingerprint density at radius 3 is 2.21 bits per heavy atom. The lowest BCUT2D eigenvalue weighted by Gasteiger charge is -2.18. The van der Waals surface area contributed by atoms with Crippen LogP contribution in [0.25, 0.3) is 0 Å². The molecule has 1 aromatic carbocycles. The van der Waals surface area contributed by atoms with Gasteiger partial charge in [-0.1, -0.05) is 23.7 Å². The molecule has 0 bridgehead atoms. The number of halogens is 4. The first-order chi connectivity index (χ1) is 8.70. The van der Waals surface area contributed by atoms with Crippen LogP contribution in [0.2, 0.25) is 5.02 Å². The van der Waals surface area contributed by atoms with Crippen molar-refractivity contribution in [2.45, 2.75) is 18.6 Å². The van der Waals surface area contributed by atoms with Crippen molar-refractivity contribution in [2.24, 2.45) is 0 Å². The minimum atomic E-state index is -5.07. The summed E-state index contributed by atoms with van der Waals surface area (Å²) in [5.74, 6) is -3.52. The summed E-state index contributed by atoms with van der Waals surface area (Å²) in [6.07, 6.45) is -5.73. The number of nitrogens with one attached hydrogen (secondary N) is 1. The van der Waals surface area contributed by atoms with Crippen molar-refractivity contribution < 1.29 is 27.9 Å². The number of alkyl halides is 3. The van der Waals surface area contributed by atoms with Gasteiger partial charge in [0.2, 0.25) is 0 Å². The van der Waals surface area contributed by atoms with Gasteiger partial charge >= 0.3 is 18.1 Å². The van der Waals surface area contributed by atoms with E-state index in [9.17, 15) is 22.8 Å². The second-order valence-electron chi connectivity index (χ2n) is 3.67. The Balaban J connectivity index is 2.92. The van der Waals surface area contributed by atoms with Crippen LogP contribution < -0.4 is 5.32 Å². The van der Waals surface area contributed by atoms with Crippen LogP contribution in [-0.4, -0.2) is 23.2 Å². The molecule has 0 saturated heterocycles. The fourth-order valence-electron chi connectivity index (χ4n) is 1.36. The number of rotatable bonds is 4. The number of carbonyl (C=O) groups excluding carboxylic acids is 1. The van der Waals surface area contributed by atoms with E-state index in [1.807, 2.05) is 0 Å². The number of aliphatic carboxylic acids is 1. The summed E-state index contributed by atoms with van der Waals surface area (Å²) in [7, 11) is 0. The van der Waals surface area contributed by atoms with Gasteiger partial charge in [0.15, 0.2) is 0 Å². The Labute approximate surface area is 111 Å². The van der Waals surface area contributed by atoms with Crippen LogP contribution in [0.5, 0.6) is 0 Å². The molecule has 4 nitrogen and oxygen atoms in total. The maximum atomic E-state index is 12.1. The molecular weight excluding hydrogens is 287 g/mol. The lowest BCUT2D eigenvalue weighted by atomic mass is 10.0. The van der Waals surface area contributed by atoms with E-state index in [-0.39, 0.29) is 5.56 Å². The summed E-state index contributed by atoms with van der Waals surface area (Å²) < 4.78 is 36.4. The molecule has 1 unspecified atom stereocenters. The second kappa shape index (κ2) is 5.92. The van der Waals surface area contributed by atoms with Gasteiger partial charge < -0.3 is 10.4 Å². The van der Waals surface area contributed by atoms with Gasteiger partial charge in [0.05, 0.1) is 12.5 Å². The molecule has 0 fully saturated rings. The molecule has 0 aliphatic rings. The third-order valence-electron chi connectivity index (χ3n) is 2.21. The number of carboxylic acid groups (broad SMARTS) is 1. The van der Waals surface area contributed by atoms with E-state index >= 15 is 0 Å². The standard InChI is InChI=1S/C11H9ClF3NO3/c12-7-3-1-6(2-4-7)8(5-9(17)18)16-10(19)11(13,14)15/h1-4,8H,5H2,(H,16,19)(H,17,18). The molecule has 0 spiro atoms. The van der Waals surface area contributed by atoms with Crippen molar-refractivity contribution in [3.8, 4) is 0 Å². The second-order valence-corrected chi connectivity index (χ2v) is 4.11. The number of carbonyl (C=O) groups is 2. The Morgan fingerprint density at radius 2 is 1.79 bits per heavy atom. The van der Waals surface area contributed by atoms with Crippen molar-refractivity contribution in [3.05, 3.63) is 34.9 Å². The average Bonchev–Trinajstić information content (AvgIpc) is 2.27. The zero-order valence-electron chi connectivity index (χ0n) is 9.37. The first-order valence-electron chi connectivity index (χ1n) is 5.05. The van der Waals surface area contributed by atoms with Gasteiger partial charge in [-0.05, 0) is 17.7 Å². The molecule has 0 heterocycles. The van der Waals surface area contributed by atoms with Crippen LogP contribution in [-0.2, 0) is 9.59 Å². The van der Waals surface area contributed by atoms with E-state index in [4.69, 9.17) is 16.7 Å². The minimum Gasteiger partial charge on any atom is -0.481 e. The fourth-order valence-corrected chi connectivity index (χ4v) is 1.49. The van der Waals surface area contributed by atoms with Crippen LogP contribution >= 0.6 is 11.6 Å². The summed E-state index contributed by atoms with van der Waals surface area (Å²) in [5, 5.41) is 10.6. The molecule has 104 valence electrons. The highest BCUT2D eigenvalue weighted by molar-refractivity contribution is 6.30. The van der Waals surface area contributed by atoms with Crippen LogP contribution in [0, 0.1) is 0 Å². The molecule has 0 aromatic heterocycles. The molecule has 1 atom stereocenters. The van der Waals surface area contributed by atoms with Crippen LogP contribution in [0.1, 0.15) is 18.0 Å². The molecule has 0 saturated carbocycles. The highest BCUT2D eigenvalue weighted by Gasteiger charge is 2.40. The topological polar surface area (TPSA) is 66.4 Å². The molecule has 0 aliphatic heterocycles. The molecule has 0 aliphatic carbocycles. The molecule has 2 N–H and O–H groups in total. The van der Waals surface area contributed by atoms with Crippen molar-refractivity contribution in [1.29, 1.82) is 0 Å². The predicted molar refractivity (Wildman–Crippen MR) is 60.6 cm³/mol. The Bertz CT molecular complexity index is 473. The average molecular weight is 296 g/mol.